The van der Waals surface area contributed by atoms with Gasteiger partial charge in [0.1, 0.15) is 0 Å². The van der Waals surface area contributed by atoms with Crippen molar-refractivity contribution >= 4 is 12.4 Å². The van der Waals surface area contributed by atoms with E-state index in [9.17, 15) is 4.79 Å². The van der Waals surface area contributed by atoms with E-state index in [0.717, 1.165) is 12.8 Å². The summed E-state index contributed by atoms with van der Waals surface area (Å²) in [6.45, 7) is 2.09. The fourth-order valence-electron chi connectivity index (χ4n) is 1.19. The third-order valence-corrected chi connectivity index (χ3v) is 1.97. The zero-order valence-corrected chi connectivity index (χ0v) is 8.47. The van der Waals surface area contributed by atoms with Crippen molar-refractivity contribution in [3.05, 3.63) is 12.2 Å². The van der Waals surface area contributed by atoms with Gasteiger partial charge >= 0.3 is 5.97 Å². The topological polar surface area (TPSA) is 47.9 Å². The summed E-state index contributed by atoms with van der Waals surface area (Å²) in [6, 6.07) is -0.534. The first-order valence-electron chi connectivity index (χ1n) is 4.71. The van der Waals surface area contributed by atoms with Crippen LogP contribution in [0, 0.1) is 0 Å². The Bertz CT molecular complexity index is 248. The van der Waals surface area contributed by atoms with Crippen molar-refractivity contribution in [2.75, 3.05) is 7.11 Å². The Morgan fingerprint density at radius 1 is 1.71 bits per heavy atom. The van der Waals surface area contributed by atoms with E-state index in [2.05, 4.69) is 16.7 Å². The number of hydrogen-bond donors (Lipinski definition) is 0. The van der Waals surface area contributed by atoms with Gasteiger partial charge in [0.05, 0.1) is 7.11 Å². The van der Waals surface area contributed by atoms with Crippen molar-refractivity contribution < 1.29 is 14.3 Å². The highest BCUT2D eigenvalue weighted by molar-refractivity contribution is 5.80. The lowest BCUT2D eigenvalue weighted by Crippen LogP contribution is -2.29. The second kappa shape index (κ2) is 5.42. The number of rotatable bonds is 4. The molecule has 0 amide bonds. The van der Waals surface area contributed by atoms with Crippen LogP contribution in [-0.2, 0) is 14.3 Å². The van der Waals surface area contributed by atoms with Crippen molar-refractivity contribution in [2.45, 2.75) is 31.9 Å². The summed E-state index contributed by atoms with van der Waals surface area (Å²) in [6.07, 6.45) is 6.92. The summed E-state index contributed by atoms with van der Waals surface area (Å²) >= 11 is 0. The number of allylic oxidation sites excluding steroid dienone is 1. The molecule has 1 heterocycles. The molecule has 4 nitrogen and oxygen atoms in total. The van der Waals surface area contributed by atoms with Crippen LogP contribution in [0.1, 0.15) is 19.8 Å². The maximum Gasteiger partial charge on any atom is 0.334 e. The third kappa shape index (κ3) is 2.58. The first-order chi connectivity index (χ1) is 6.79. The van der Waals surface area contributed by atoms with Crippen LogP contribution in [0.15, 0.2) is 17.1 Å². The Hall–Kier alpha value is -1.32. The van der Waals surface area contributed by atoms with Crippen molar-refractivity contribution in [3.63, 3.8) is 0 Å². The lowest BCUT2D eigenvalue weighted by Gasteiger charge is -2.10. The Morgan fingerprint density at radius 2 is 2.50 bits per heavy atom. The minimum atomic E-state index is -0.534. The number of hydrogen-bond acceptors (Lipinski definition) is 4. The average molecular weight is 197 g/mol. The molecule has 1 rings (SSSR count). The summed E-state index contributed by atoms with van der Waals surface area (Å²) in [5, 5.41) is 0. The fourth-order valence-corrected chi connectivity index (χ4v) is 1.19. The number of ether oxygens (including phenoxy) is 2. The van der Waals surface area contributed by atoms with Crippen LogP contribution < -0.4 is 0 Å². The molecule has 1 aliphatic heterocycles. The standard InChI is InChI=1S/C10H15NO3/c1-3-4-5-6-8-9(10(12)13-2)11-7-14-8/h5-9H,3-4H2,1-2H3/b6-5+/t8-,9+/m1/s1. The van der Waals surface area contributed by atoms with Gasteiger partial charge in [-0.1, -0.05) is 19.4 Å². The SMILES string of the molecule is CCC/C=C/[C@H]1OC=N[C@@H]1C(=O)OC. The molecule has 4 heteroatoms. The van der Waals surface area contributed by atoms with E-state index in [1.165, 1.54) is 13.5 Å². The normalized spacial score (nSPS) is 25.3. The summed E-state index contributed by atoms with van der Waals surface area (Å²) in [5.74, 6) is -0.357. The lowest BCUT2D eigenvalue weighted by atomic mass is 10.1. The Labute approximate surface area is 83.6 Å². The molecule has 0 bridgehead atoms. The molecule has 0 aromatic carbocycles. The van der Waals surface area contributed by atoms with E-state index < -0.39 is 6.04 Å². The molecule has 78 valence electrons. The van der Waals surface area contributed by atoms with Crippen LogP contribution in [0.4, 0.5) is 0 Å². The molecule has 1 aliphatic rings. The number of carbonyl (C=O) groups is 1. The Morgan fingerprint density at radius 3 is 3.14 bits per heavy atom. The summed E-state index contributed by atoms with van der Waals surface area (Å²) in [4.78, 5) is 15.1. The largest absolute Gasteiger partial charge is 0.473 e. The van der Waals surface area contributed by atoms with Gasteiger partial charge in [-0.25, -0.2) is 9.79 Å². The summed E-state index contributed by atoms with van der Waals surface area (Å²) in [7, 11) is 1.35. The van der Waals surface area contributed by atoms with Gasteiger partial charge in [-0.05, 0) is 12.5 Å². The molecule has 14 heavy (non-hydrogen) atoms. The van der Waals surface area contributed by atoms with E-state index in [-0.39, 0.29) is 12.1 Å². The summed E-state index contributed by atoms with van der Waals surface area (Å²) in [5.41, 5.74) is 0. The van der Waals surface area contributed by atoms with Crippen molar-refractivity contribution in [1.82, 2.24) is 0 Å². The zero-order chi connectivity index (χ0) is 10.4. The van der Waals surface area contributed by atoms with Crippen LogP contribution >= 0.6 is 0 Å². The number of aliphatic imine (C=N–C) groups is 1. The molecule has 0 aliphatic carbocycles. The van der Waals surface area contributed by atoms with Gasteiger partial charge in [-0.15, -0.1) is 0 Å². The number of nitrogens with zero attached hydrogens (tertiary/aromatic N) is 1. The molecule has 0 unspecified atom stereocenters. The quantitative estimate of drug-likeness (QED) is 0.504. The number of unbranched alkanes of at least 4 members (excludes halogenated alkanes) is 1. The van der Waals surface area contributed by atoms with E-state index >= 15 is 0 Å². The van der Waals surface area contributed by atoms with Gasteiger partial charge in [0, 0.05) is 0 Å². The van der Waals surface area contributed by atoms with Gasteiger partial charge in [-0.2, -0.15) is 0 Å². The highest BCUT2D eigenvalue weighted by Gasteiger charge is 2.31. The first kappa shape index (κ1) is 10.8. The molecule has 0 radical (unpaired) electrons. The molecular formula is C10H15NO3. The lowest BCUT2D eigenvalue weighted by molar-refractivity contribution is -0.143. The maximum absolute atomic E-state index is 11.2. The molecule has 2 atom stereocenters. The molecule has 0 fully saturated rings. The van der Waals surface area contributed by atoms with Crippen molar-refractivity contribution in [3.8, 4) is 0 Å². The predicted molar refractivity (Wildman–Crippen MR) is 53.2 cm³/mol. The van der Waals surface area contributed by atoms with E-state index in [0.29, 0.717) is 0 Å². The monoisotopic (exact) mass is 197 g/mol. The number of esters is 1. The third-order valence-electron chi connectivity index (χ3n) is 1.97. The summed E-state index contributed by atoms with van der Waals surface area (Å²) < 4.78 is 9.76. The first-order valence-corrected chi connectivity index (χ1v) is 4.71. The van der Waals surface area contributed by atoms with Gasteiger partial charge in [-0.3, -0.25) is 0 Å². The minimum Gasteiger partial charge on any atom is -0.473 e. The van der Waals surface area contributed by atoms with Gasteiger partial charge in [0.2, 0.25) is 0 Å². The van der Waals surface area contributed by atoms with Crippen LogP contribution in [0.3, 0.4) is 0 Å². The fraction of sp³-hybridized carbons (Fsp3) is 0.600. The van der Waals surface area contributed by atoms with Crippen molar-refractivity contribution in [2.24, 2.45) is 4.99 Å². The maximum atomic E-state index is 11.2. The van der Waals surface area contributed by atoms with Crippen LogP contribution in [0.2, 0.25) is 0 Å². The zero-order valence-electron chi connectivity index (χ0n) is 8.47. The highest BCUT2D eigenvalue weighted by Crippen LogP contribution is 2.13. The Balaban J connectivity index is 2.49. The predicted octanol–water partition coefficient (Wildman–Crippen LogP) is 1.31. The number of methoxy groups -OCH3 is 1. The Kier molecular flexibility index (Phi) is 4.16. The van der Waals surface area contributed by atoms with Crippen LogP contribution in [-0.4, -0.2) is 31.6 Å². The minimum absolute atomic E-state index is 0.297. The smallest absolute Gasteiger partial charge is 0.334 e. The van der Waals surface area contributed by atoms with Gasteiger partial charge in [0.25, 0.3) is 0 Å². The van der Waals surface area contributed by atoms with Crippen molar-refractivity contribution in [1.29, 1.82) is 0 Å². The molecule has 0 saturated carbocycles. The van der Waals surface area contributed by atoms with E-state index in [4.69, 9.17) is 4.74 Å². The number of carbonyl (C=O) groups excluding carboxylic acids is 1. The molecule has 0 N–H and O–H groups in total. The van der Waals surface area contributed by atoms with Crippen LogP contribution in [0.25, 0.3) is 0 Å². The van der Waals surface area contributed by atoms with E-state index in [1.54, 1.807) is 0 Å². The molecule has 0 saturated heterocycles. The second-order valence-corrected chi connectivity index (χ2v) is 3.04. The molecule has 0 spiro atoms. The highest BCUT2D eigenvalue weighted by atomic mass is 16.5. The van der Waals surface area contributed by atoms with Gasteiger partial charge < -0.3 is 9.47 Å². The molecule has 0 aromatic heterocycles. The molecule has 0 aromatic rings. The van der Waals surface area contributed by atoms with Crippen LogP contribution in [0.5, 0.6) is 0 Å². The average Bonchev–Trinajstić information content (AvgIpc) is 2.65. The molecular weight excluding hydrogens is 182 g/mol. The van der Waals surface area contributed by atoms with E-state index in [1.807, 2.05) is 12.2 Å². The second-order valence-electron chi connectivity index (χ2n) is 3.04. The van der Waals surface area contributed by atoms with Gasteiger partial charge in [0.15, 0.2) is 18.5 Å².